The Morgan fingerprint density at radius 1 is 1.18 bits per heavy atom. The standard InChI is InChI=1S/C23H26Cl2N8O6/c1-5-18(36)28-13-9-33(8-12(35)10-34)31-22(13)29-16-7-17(27-11-26-16)32(2)23(37)30-21-19(24)14(38-3)6-15(39-4)20(21)25/h5-7,9,11-12,34-35H,1,8,10H2,2-4H3,(H,28,36)(H,30,37)(H,26,27,29,31)/t12-/m0/s1. The number of carbonyl (C=O) groups is 2. The third kappa shape index (κ3) is 7.06. The van der Waals surface area contributed by atoms with E-state index in [-0.39, 0.29) is 56.9 Å². The van der Waals surface area contributed by atoms with E-state index in [0.29, 0.717) is 0 Å². The lowest BCUT2D eigenvalue weighted by atomic mass is 10.2. The molecule has 5 N–H and O–H groups in total. The van der Waals surface area contributed by atoms with Crippen molar-refractivity contribution in [3.63, 3.8) is 0 Å². The molecule has 1 aromatic carbocycles. The van der Waals surface area contributed by atoms with Crippen LogP contribution in [-0.2, 0) is 11.3 Å². The van der Waals surface area contributed by atoms with Crippen molar-refractivity contribution in [2.24, 2.45) is 0 Å². The summed E-state index contributed by atoms with van der Waals surface area (Å²) < 4.78 is 11.8. The normalized spacial score (nSPS) is 11.4. The summed E-state index contributed by atoms with van der Waals surface area (Å²) in [6.45, 7) is 2.91. The van der Waals surface area contributed by atoms with Gasteiger partial charge in [-0.25, -0.2) is 14.8 Å². The van der Waals surface area contributed by atoms with Crippen LogP contribution in [0.1, 0.15) is 0 Å². The Balaban J connectivity index is 1.85. The summed E-state index contributed by atoms with van der Waals surface area (Å²) in [5.74, 6) is 0.574. The van der Waals surface area contributed by atoms with Gasteiger partial charge in [0.1, 0.15) is 45.2 Å². The fourth-order valence-electron chi connectivity index (χ4n) is 3.17. The van der Waals surface area contributed by atoms with Crippen molar-refractivity contribution in [3.8, 4) is 11.5 Å². The predicted molar refractivity (Wildman–Crippen MR) is 146 cm³/mol. The number of methoxy groups -OCH3 is 2. The molecule has 2 aromatic heterocycles. The first kappa shape index (κ1) is 29.4. The number of hydrogen-bond acceptors (Lipinski definition) is 10. The summed E-state index contributed by atoms with van der Waals surface area (Å²) in [4.78, 5) is 34.4. The van der Waals surface area contributed by atoms with Gasteiger partial charge in [-0.15, -0.1) is 0 Å². The van der Waals surface area contributed by atoms with Gasteiger partial charge in [0.15, 0.2) is 5.82 Å². The highest BCUT2D eigenvalue weighted by atomic mass is 35.5. The lowest BCUT2D eigenvalue weighted by Gasteiger charge is -2.20. The van der Waals surface area contributed by atoms with Gasteiger partial charge in [-0.05, 0) is 6.08 Å². The molecule has 14 nitrogen and oxygen atoms in total. The highest BCUT2D eigenvalue weighted by molar-refractivity contribution is 6.41. The first-order valence-corrected chi connectivity index (χ1v) is 11.9. The first-order chi connectivity index (χ1) is 18.6. The average Bonchev–Trinajstić information content (AvgIpc) is 3.30. The third-order valence-electron chi connectivity index (χ3n) is 5.17. The zero-order valence-electron chi connectivity index (χ0n) is 21.1. The summed E-state index contributed by atoms with van der Waals surface area (Å²) in [6.07, 6.45) is 2.69. The summed E-state index contributed by atoms with van der Waals surface area (Å²) in [5.41, 5.74) is 0.338. The van der Waals surface area contributed by atoms with Crippen LogP contribution in [0, 0.1) is 0 Å². The Morgan fingerprint density at radius 3 is 2.44 bits per heavy atom. The van der Waals surface area contributed by atoms with E-state index in [2.05, 4.69) is 37.6 Å². The number of aliphatic hydroxyl groups is 2. The molecule has 16 heteroatoms. The Labute approximate surface area is 233 Å². The molecule has 0 radical (unpaired) electrons. The Kier molecular flexibility index (Phi) is 9.89. The number of ether oxygens (including phenoxy) is 2. The van der Waals surface area contributed by atoms with Gasteiger partial charge in [0.2, 0.25) is 5.91 Å². The van der Waals surface area contributed by atoms with Gasteiger partial charge in [0.25, 0.3) is 0 Å². The van der Waals surface area contributed by atoms with Crippen molar-refractivity contribution in [3.05, 3.63) is 47.4 Å². The molecule has 3 rings (SSSR count). The minimum absolute atomic E-state index is 0.0345. The molecule has 0 bridgehead atoms. The van der Waals surface area contributed by atoms with Gasteiger partial charge in [0.05, 0.1) is 45.4 Å². The van der Waals surface area contributed by atoms with Gasteiger partial charge >= 0.3 is 6.03 Å². The Bertz CT molecular complexity index is 1340. The van der Waals surface area contributed by atoms with Crippen LogP contribution >= 0.6 is 23.2 Å². The molecule has 0 unspecified atom stereocenters. The van der Waals surface area contributed by atoms with Gasteiger partial charge in [-0.2, -0.15) is 5.10 Å². The first-order valence-electron chi connectivity index (χ1n) is 11.1. The quantitative estimate of drug-likeness (QED) is 0.212. The fourth-order valence-corrected chi connectivity index (χ4v) is 3.76. The van der Waals surface area contributed by atoms with Gasteiger partial charge in [0, 0.05) is 19.2 Å². The number of aromatic nitrogens is 4. The summed E-state index contributed by atoms with van der Waals surface area (Å²) in [7, 11) is 4.28. The molecular weight excluding hydrogens is 555 g/mol. The van der Waals surface area contributed by atoms with E-state index in [1.807, 2.05) is 0 Å². The number of hydrogen-bond donors (Lipinski definition) is 5. The van der Waals surface area contributed by atoms with Crippen LogP contribution in [0.3, 0.4) is 0 Å². The maximum atomic E-state index is 13.0. The van der Waals surface area contributed by atoms with E-state index in [1.165, 1.54) is 55.5 Å². The highest BCUT2D eigenvalue weighted by Crippen LogP contribution is 2.44. The van der Waals surface area contributed by atoms with Crippen LogP contribution in [0.4, 0.5) is 33.6 Å². The lowest BCUT2D eigenvalue weighted by Crippen LogP contribution is -2.32. The van der Waals surface area contributed by atoms with Gasteiger partial charge < -0.3 is 35.6 Å². The van der Waals surface area contributed by atoms with Crippen LogP contribution in [0.25, 0.3) is 0 Å². The maximum absolute atomic E-state index is 13.0. The molecule has 0 saturated heterocycles. The topological polar surface area (TPSA) is 176 Å². The molecule has 0 fully saturated rings. The molecule has 0 spiro atoms. The Morgan fingerprint density at radius 2 is 1.85 bits per heavy atom. The number of nitrogens with zero attached hydrogens (tertiary/aromatic N) is 5. The number of anilines is 5. The number of benzene rings is 1. The second kappa shape index (κ2) is 13.1. The number of rotatable bonds is 11. The minimum Gasteiger partial charge on any atom is -0.495 e. The molecule has 1 atom stereocenters. The van der Waals surface area contributed by atoms with Crippen LogP contribution in [0.5, 0.6) is 11.5 Å². The van der Waals surface area contributed by atoms with Crippen LogP contribution in [-0.4, -0.2) is 75.9 Å². The van der Waals surface area contributed by atoms with Crippen molar-refractivity contribution < 1.29 is 29.3 Å². The molecule has 3 aromatic rings. The molecule has 0 aliphatic carbocycles. The smallest absolute Gasteiger partial charge is 0.327 e. The van der Waals surface area contributed by atoms with E-state index >= 15 is 0 Å². The van der Waals surface area contributed by atoms with Crippen molar-refractivity contribution in [1.82, 2.24) is 19.7 Å². The summed E-state index contributed by atoms with van der Waals surface area (Å²) in [5, 5.41) is 31.5. The van der Waals surface area contributed by atoms with E-state index in [4.69, 9.17) is 37.8 Å². The second-order valence-electron chi connectivity index (χ2n) is 7.80. The Hall–Kier alpha value is -4.11. The zero-order chi connectivity index (χ0) is 28.7. The average molecular weight is 581 g/mol. The van der Waals surface area contributed by atoms with E-state index in [1.54, 1.807) is 0 Å². The van der Waals surface area contributed by atoms with E-state index < -0.39 is 24.6 Å². The van der Waals surface area contributed by atoms with Crippen molar-refractivity contribution in [2.75, 3.05) is 48.7 Å². The van der Waals surface area contributed by atoms with Crippen molar-refractivity contribution >= 4 is 64.0 Å². The van der Waals surface area contributed by atoms with E-state index in [9.17, 15) is 14.7 Å². The number of halogens is 2. The fraction of sp³-hybridized carbons (Fsp3) is 0.261. The van der Waals surface area contributed by atoms with E-state index in [0.717, 1.165) is 6.08 Å². The minimum atomic E-state index is -1.06. The largest absolute Gasteiger partial charge is 0.495 e. The number of aliphatic hydroxyl groups excluding tert-OH is 2. The number of amides is 3. The van der Waals surface area contributed by atoms with Crippen molar-refractivity contribution in [2.45, 2.75) is 12.6 Å². The molecule has 0 aliphatic heterocycles. The highest BCUT2D eigenvalue weighted by Gasteiger charge is 2.22. The molecule has 39 heavy (non-hydrogen) atoms. The second-order valence-corrected chi connectivity index (χ2v) is 8.56. The predicted octanol–water partition coefficient (Wildman–Crippen LogP) is 2.89. The summed E-state index contributed by atoms with van der Waals surface area (Å²) >= 11 is 12.7. The SMILES string of the molecule is C=CC(=O)Nc1cn(C[C@H](O)CO)nc1Nc1cc(N(C)C(=O)Nc2c(Cl)c(OC)cc(OC)c2Cl)ncn1. The molecule has 0 aliphatic rings. The van der Waals surface area contributed by atoms with Crippen LogP contribution < -0.4 is 30.3 Å². The maximum Gasteiger partial charge on any atom is 0.327 e. The number of urea groups is 1. The summed E-state index contributed by atoms with van der Waals surface area (Å²) in [6, 6.07) is 2.31. The van der Waals surface area contributed by atoms with Crippen LogP contribution in [0.2, 0.25) is 10.0 Å². The van der Waals surface area contributed by atoms with Gasteiger partial charge in [-0.1, -0.05) is 29.8 Å². The third-order valence-corrected chi connectivity index (χ3v) is 5.92. The van der Waals surface area contributed by atoms with Crippen LogP contribution in [0.15, 0.2) is 37.3 Å². The molecule has 3 amide bonds. The van der Waals surface area contributed by atoms with Crippen molar-refractivity contribution in [1.29, 1.82) is 0 Å². The number of nitrogens with one attached hydrogen (secondary N) is 3. The lowest BCUT2D eigenvalue weighted by molar-refractivity contribution is -0.111. The van der Waals surface area contributed by atoms with Gasteiger partial charge in [-0.3, -0.25) is 14.4 Å². The molecule has 208 valence electrons. The number of carbonyl (C=O) groups excluding carboxylic acids is 2. The monoisotopic (exact) mass is 580 g/mol. The zero-order valence-corrected chi connectivity index (χ0v) is 22.6. The molecular formula is C23H26Cl2N8O6. The molecule has 0 saturated carbocycles. The molecule has 2 heterocycles.